The summed E-state index contributed by atoms with van der Waals surface area (Å²) in [5.41, 5.74) is 0.549. The average molecular weight is 198 g/mol. The highest BCUT2D eigenvalue weighted by Crippen LogP contribution is 2.23. The molecule has 0 unspecified atom stereocenters. The van der Waals surface area contributed by atoms with Gasteiger partial charge in [0.15, 0.2) is 0 Å². The van der Waals surface area contributed by atoms with Gasteiger partial charge in [-0.25, -0.2) is 0 Å². The van der Waals surface area contributed by atoms with Gasteiger partial charge < -0.3 is 20.0 Å². The number of ether oxygens (including phenoxy) is 1. The smallest absolute Gasteiger partial charge is 0.406 e. The van der Waals surface area contributed by atoms with Crippen LogP contribution in [0.15, 0.2) is 12.1 Å². The summed E-state index contributed by atoms with van der Waals surface area (Å²) in [5, 5.41) is 19.0. The quantitative estimate of drug-likeness (QED) is 0.567. The summed E-state index contributed by atoms with van der Waals surface area (Å²) in [7, 11) is 0. The largest absolute Gasteiger partial charge is 0.483 e. The highest BCUT2D eigenvalue weighted by Gasteiger charge is 2.16. The summed E-state index contributed by atoms with van der Waals surface area (Å²) in [4.78, 5) is 13.6. The number of nitrogens with zero attached hydrogens (tertiary/aromatic N) is 2. The summed E-state index contributed by atoms with van der Waals surface area (Å²) in [5.74, 6) is -0.242. The van der Waals surface area contributed by atoms with Crippen LogP contribution in [0.5, 0.6) is 5.75 Å². The molecule has 1 rings (SSSR count). The Morgan fingerprint density at radius 3 is 2.93 bits per heavy atom. The molecule has 0 spiro atoms. The van der Waals surface area contributed by atoms with Crippen molar-refractivity contribution in [1.82, 2.24) is 4.98 Å². The second kappa shape index (κ2) is 4.52. The fourth-order valence-corrected chi connectivity index (χ4v) is 0.929. The highest BCUT2D eigenvalue weighted by atomic mass is 16.6. The maximum absolute atomic E-state index is 10.5. The molecular formula is C8H10N2O4. The van der Waals surface area contributed by atoms with Crippen LogP contribution in [-0.2, 0) is 0 Å². The standard InChI is InChI=1S/C8H10N2O4/c1-6-2-3-7(14-5-4-11)8(9-6)10(12)13/h2-3,11H,4-5H2,1H3. The summed E-state index contributed by atoms with van der Waals surface area (Å²) >= 11 is 0. The minimum absolute atomic E-state index is 0.0194. The molecule has 0 atom stereocenters. The van der Waals surface area contributed by atoms with E-state index >= 15 is 0 Å². The van der Waals surface area contributed by atoms with Gasteiger partial charge in [-0.15, -0.1) is 0 Å². The van der Waals surface area contributed by atoms with E-state index in [-0.39, 0.29) is 24.8 Å². The maximum Gasteiger partial charge on any atom is 0.406 e. The van der Waals surface area contributed by atoms with E-state index in [2.05, 4.69) is 4.98 Å². The van der Waals surface area contributed by atoms with E-state index in [0.29, 0.717) is 5.69 Å². The van der Waals surface area contributed by atoms with Gasteiger partial charge in [0.05, 0.1) is 6.61 Å². The lowest BCUT2D eigenvalue weighted by molar-refractivity contribution is -0.390. The van der Waals surface area contributed by atoms with Gasteiger partial charge in [-0.2, -0.15) is 0 Å². The van der Waals surface area contributed by atoms with Crippen LogP contribution < -0.4 is 4.74 Å². The number of aromatic nitrogens is 1. The monoisotopic (exact) mass is 198 g/mol. The van der Waals surface area contributed by atoms with Gasteiger partial charge in [0.1, 0.15) is 12.3 Å². The van der Waals surface area contributed by atoms with Crippen LogP contribution >= 0.6 is 0 Å². The lowest BCUT2D eigenvalue weighted by Gasteiger charge is -2.03. The van der Waals surface area contributed by atoms with Crippen LogP contribution in [0.3, 0.4) is 0 Å². The summed E-state index contributed by atoms with van der Waals surface area (Å²) in [6.45, 7) is 1.49. The Morgan fingerprint density at radius 2 is 2.36 bits per heavy atom. The topological polar surface area (TPSA) is 85.5 Å². The highest BCUT2D eigenvalue weighted by molar-refractivity contribution is 5.40. The minimum Gasteiger partial charge on any atom is -0.483 e. The number of nitro groups is 1. The number of aliphatic hydroxyl groups excluding tert-OH is 1. The zero-order chi connectivity index (χ0) is 10.6. The zero-order valence-electron chi connectivity index (χ0n) is 7.64. The van der Waals surface area contributed by atoms with Gasteiger partial charge >= 0.3 is 5.82 Å². The molecule has 0 saturated carbocycles. The number of pyridine rings is 1. The minimum atomic E-state index is -0.611. The maximum atomic E-state index is 10.5. The van der Waals surface area contributed by atoms with Gasteiger partial charge in [0.2, 0.25) is 5.75 Å². The number of hydrogen-bond acceptors (Lipinski definition) is 5. The van der Waals surface area contributed by atoms with Crippen LogP contribution in [0.2, 0.25) is 0 Å². The first-order valence-corrected chi connectivity index (χ1v) is 4.01. The van der Waals surface area contributed by atoms with Crippen molar-refractivity contribution in [3.63, 3.8) is 0 Å². The summed E-state index contributed by atoms with van der Waals surface area (Å²) < 4.78 is 4.95. The van der Waals surface area contributed by atoms with Gasteiger partial charge in [0.25, 0.3) is 0 Å². The van der Waals surface area contributed by atoms with E-state index in [1.807, 2.05) is 0 Å². The molecule has 1 heterocycles. The predicted octanol–water partition coefficient (Wildman–Crippen LogP) is 0.669. The fraction of sp³-hybridized carbons (Fsp3) is 0.375. The third-order valence-electron chi connectivity index (χ3n) is 1.50. The van der Waals surface area contributed by atoms with E-state index in [0.717, 1.165) is 0 Å². The fourth-order valence-electron chi connectivity index (χ4n) is 0.929. The van der Waals surface area contributed by atoms with Crippen molar-refractivity contribution in [3.05, 3.63) is 27.9 Å². The molecule has 1 N–H and O–H groups in total. The van der Waals surface area contributed by atoms with Gasteiger partial charge in [-0.05, 0) is 22.0 Å². The van der Waals surface area contributed by atoms with Crippen LogP contribution in [-0.4, -0.2) is 28.2 Å². The van der Waals surface area contributed by atoms with Crippen molar-refractivity contribution in [2.45, 2.75) is 6.92 Å². The van der Waals surface area contributed by atoms with Gasteiger partial charge in [-0.1, -0.05) is 0 Å². The Kier molecular flexibility index (Phi) is 3.35. The summed E-state index contributed by atoms with van der Waals surface area (Å²) in [6.07, 6.45) is 0. The molecule has 0 bridgehead atoms. The SMILES string of the molecule is Cc1ccc(OCCO)c([N+](=O)[O-])n1. The molecule has 0 radical (unpaired) electrons. The van der Waals surface area contributed by atoms with Gasteiger partial charge in [0, 0.05) is 6.92 Å². The molecule has 1 aromatic rings. The van der Waals surface area contributed by atoms with Crippen LogP contribution in [0.25, 0.3) is 0 Å². The lowest BCUT2D eigenvalue weighted by atomic mass is 10.3. The van der Waals surface area contributed by atoms with Crippen molar-refractivity contribution in [3.8, 4) is 5.75 Å². The first-order chi connectivity index (χ1) is 6.65. The van der Waals surface area contributed by atoms with E-state index < -0.39 is 4.92 Å². The third kappa shape index (κ3) is 2.40. The van der Waals surface area contributed by atoms with Crippen molar-refractivity contribution >= 4 is 5.82 Å². The molecule has 14 heavy (non-hydrogen) atoms. The Hall–Kier alpha value is -1.69. The second-order valence-electron chi connectivity index (χ2n) is 2.60. The molecule has 0 aromatic carbocycles. The molecule has 0 fully saturated rings. The van der Waals surface area contributed by atoms with Crippen molar-refractivity contribution in [1.29, 1.82) is 0 Å². The Bertz CT molecular complexity index is 340. The van der Waals surface area contributed by atoms with Crippen LogP contribution in [0, 0.1) is 17.0 Å². The molecule has 0 aliphatic carbocycles. The number of aryl methyl sites for hydroxylation is 1. The van der Waals surface area contributed by atoms with E-state index in [1.54, 1.807) is 13.0 Å². The molecule has 0 amide bonds. The first kappa shape index (κ1) is 10.4. The third-order valence-corrected chi connectivity index (χ3v) is 1.50. The van der Waals surface area contributed by atoms with Crippen LogP contribution in [0.4, 0.5) is 5.82 Å². The van der Waals surface area contributed by atoms with E-state index in [4.69, 9.17) is 9.84 Å². The van der Waals surface area contributed by atoms with Crippen molar-refractivity contribution in [2.24, 2.45) is 0 Å². The molecule has 0 aliphatic rings. The number of rotatable bonds is 4. The van der Waals surface area contributed by atoms with E-state index in [1.165, 1.54) is 6.07 Å². The average Bonchev–Trinajstić information content (AvgIpc) is 2.15. The zero-order valence-corrected chi connectivity index (χ0v) is 7.64. The Morgan fingerprint density at radius 1 is 1.64 bits per heavy atom. The molecule has 0 aliphatic heterocycles. The molecular weight excluding hydrogens is 188 g/mol. The number of aliphatic hydroxyl groups is 1. The van der Waals surface area contributed by atoms with Crippen molar-refractivity contribution in [2.75, 3.05) is 13.2 Å². The van der Waals surface area contributed by atoms with Crippen molar-refractivity contribution < 1.29 is 14.8 Å². The number of hydrogen-bond donors (Lipinski definition) is 1. The molecule has 1 aromatic heterocycles. The Balaban J connectivity index is 2.96. The lowest BCUT2D eigenvalue weighted by Crippen LogP contribution is -2.05. The molecule has 76 valence electrons. The molecule has 0 saturated heterocycles. The normalized spacial score (nSPS) is 9.86. The molecule has 6 heteroatoms. The first-order valence-electron chi connectivity index (χ1n) is 4.01. The van der Waals surface area contributed by atoms with Gasteiger partial charge in [-0.3, -0.25) is 0 Å². The second-order valence-corrected chi connectivity index (χ2v) is 2.60. The molecule has 6 nitrogen and oxygen atoms in total. The van der Waals surface area contributed by atoms with E-state index in [9.17, 15) is 10.1 Å². The Labute approximate surface area is 80.3 Å². The van der Waals surface area contributed by atoms with Crippen LogP contribution in [0.1, 0.15) is 5.69 Å². The summed E-state index contributed by atoms with van der Waals surface area (Å²) in [6, 6.07) is 3.08. The predicted molar refractivity (Wildman–Crippen MR) is 48.2 cm³/mol.